The van der Waals surface area contributed by atoms with Crippen molar-refractivity contribution in [3.63, 3.8) is 0 Å². The zero-order chi connectivity index (χ0) is 19.2. The van der Waals surface area contributed by atoms with Crippen molar-refractivity contribution in [3.8, 4) is 0 Å². The maximum Gasteiger partial charge on any atom is 0.294 e. The van der Waals surface area contributed by atoms with Gasteiger partial charge in [0.2, 0.25) is 18.3 Å². The third-order valence-corrected chi connectivity index (χ3v) is 3.34. The lowest BCUT2D eigenvalue weighted by atomic mass is 10.2. The minimum atomic E-state index is -0.951. The molecule has 138 valence electrons. The minimum absolute atomic E-state index is 0.0310. The van der Waals surface area contributed by atoms with Crippen molar-refractivity contribution in [2.24, 2.45) is 0 Å². The Morgan fingerprint density at radius 2 is 2.00 bits per heavy atom. The Labute approximate surface area is 154 Å². The number of hydrogen-bond donors (Lipinski definition) is 3. The number of guanidine groups is 1. The van der Waals surface area contributed by atoms with Gasteiger partial charge in [0.05, 0.1) is 6.61 Å². The van der Waals surface area contributed by atoms with Crippen LogP contribution >= 0.6 is 23.2 Å². The van der Waals surface area contributed by atoms with Gasteiger partial charge in [0.25, 0.3) is 5.09 Å². The number of carbonyl (C=O) groups excluding carboxylic acids is 2. The third kappa shape index (κ3) is 10.9. The topological polar surface area (TPSA) is 134 Å². The Kier molecular flexibility index (Phi) is 11.7. The molecule has 0 unspecified atom stereocenters. The molecule has 0 fully saturated rings. The molecule has 0 bridgehead atoms. The molecule has 0 aromatic heterocycles. The van der Waals surface area contributed by atoms with E-state index in [1.54, 1.807) is 0 Å². The van der Waals surface area contributed by atoms with Crippen LogP contribution in [0.4, 0.5) is 0 Å². The highest BCUT2D eigenvalue weighted by molar-refractivity contribution is 6.35. The van der Waals surface area contributed by atoms with Crippen molar-refractivity contribution in [1.29, 1.82) is 5.41 Å². The lowest BCUT2D eigenvalue weighted by Crippen LogP contribution is -2.39. The average molecular weight is 393 g/mol. The van der Waals surface area contributed by atoms with E-state index in [0.717, 1.165) is 22.0 Å². The molecule has 0 atom stereocenters. The van der Waals surface area contributed by atoms with Gasteiger partial charge in [-0.05, 0) is 30.5 Å². The Bertz CT molecular complexity index is 593. The van der Waals surface area contributed by atoms with E-state index in [0.29, 0.717) is 0 Å². The maximum absolute atomic E-state index is 10.9. The number of nitrogens with one attached hydrogen (secondary N) is 3. The summed E-state index contributed by atoms with van der Waals surface area (Å²) < 4.78 is 0. The molecule has 0 radical (unpaired) electrons. The molecule has 3 N–H and O–H groups in total. The van der Waals surface area contributed by atoms with Crippen molar-refractivity contribution >= 4 is 41.5 Å². The molecule has 0 saturated heterocycles. The lowest BCUT2D eigenvalue weighted by molar-refractivity contribution is -0.757. The first-order valence-corrected chi connectivity index (χ1v) is 7.86. The van der Waals surface area contributed by atoms with Crippen LogP contribution in [0.15, 0.2) is 18.2 Å². The Hall–Kier alpha value is -2.39. The van der Waals surface area contributed by atoms with Gasteiger partial charge in [-0.2, -0.15) is 0 Å². The number of nitrogens with zero attached hydrogens (tertiary/aromatic N) is 1. The molecule has 1 rings (SSSR count). The highest BCUT2D eigenvalue weighted by atomic mass is 35.5. The average Bonchev–Trinajstić information content (AvgIpc) is 2.52. The van der Waals surface area contributed by atoms with Crippen LogP contribution in [0.1, 0.15) is 25.3 Å². The molecule has 0 aliphatic carbocycles. The zero-order valence-electron chi connectivity index (χ0n) is 13.4. The van der Waals surface area contributed by atoms with Crippen molar-refractivity contribution < 1.29 is 19.5 Å². The largest absolute Gasteiger partial charge is 0.314 e. The Morgan fingerprint density at radius 1 is 1.40 bits per heavy atom. The van der Waals surface area contributed by atoms with Gasteiger partial charge in [-0.25, -0.2) is 0 Å². The number of benzene rings is 1. The van der Waals surface area contributed by atoms with E-state index in [1.165, 1.54) is 0 Å². The summed E-state index contributed by atoms with van der Waals surface area (Å²) in [4.78, 5) is 34.4. The summed E-state index contributed by atoms with van der Waals surface area (Å²) in [5.74, 6) is -0.966. The van der Waals surface area contributed by atoms with Gasteiger partial charge < -0.3 is 4.84 Å². The van der Waals surface area contributed by atoms with Crippen molar-refractivity contribution in [2.45, 2.75) is 26.2 Å². The van der Waals surface area contributed by atoms with Crippen LogP contribution in [-0.4, -0.2) is 30.0 Å². The van der Waals surface area contributed by atoms with Crippen LogP contribution in [0, 0.1) is 15.5 Å². The predicted molar refractivity (Wildman–Crippen MR) is 93.1 cm³/mol. The number of hydrogen-bond acceptors (Lipinski definition) is 6. The predicted octanol–water partition coefficient (Wildman–Crippen LogP) is 2.33. The van der Waals surface area contributed by atoms with E-state index in [1.807, 2.05) is 35.8 Å². The van der Waals surface area contributed by atoms with Crippen molar-refractivity contribution in [1.82, 2.24) is 10.6 Å². The molecule has 0 aliphatic rings. The first-order chi connectivity index (χ1) is 11.8. The van der Waals surface area contributed by atoms with Gasteiger partial charge in [-0.3, -0.25) is 25.6 Å². The second-order valence-electron chi connectivity index (χ2n) is 4.40. The number of rotatable bonds is 7. The van der Waals surface area contributed by atoms with Gasteiger partial charge in [0, 0.05) is 16.5 Å². The zero-order valence-corrected chi connectivity index (χ0v) is 14.9. The molecule has 0 saturated carbocycles. The molecule has 25 heavy (non-hydrogen) atoms. The van der Waals surface area contributed by atoms with Crippen LogP contribution in [0.25, 0.3) is 0 Å². The van der Waals surface area contributed by atoms with E-state index in [9.17, 15) is 19.7 Å². The maximum atomic E-state index is 10.9. The summed E-state index contributed by atoms with van der Waals surface area (Å²) in [5.41, 5.74) is 1.03. The summed E-state index contributed by atoms with van der Waals surface area (Å²) >= 11 is 11.7. The van der Waals surface area contributed by atoms with Crippen LogP contribution in [0.5, 0.6) is 0 Å². The smallest absolute Gasteiger partial charge is 0.294 e. The second-order valence-corrected chi connectivity index (χ2v) is 5.21. The lowest BCUT2D eigenvalue weighted by Gasteiger charge is -2.03. The summed E-state index contributed by atoms with van der Waals surface area (Å²) in [7, 11) is 0. The number of amides is 2. The van der Waals surface area contributed by atoms with Gasteiger partial charge in [0.1, 0.15) is 0 Å². The highest BCUT2D eigenvalue weighted by Crippen LogP contribution is 2.23. The standard InChI is InChI=1S/C8H8Cl2.C6H10N4O5/c1-2-6-7(9)4-3-5-8(6)10;7-6(8-4-11)9-5(12)2-1-3-15-10(13)14/h3-5H,2H2,1H3;4H,1-3H2,(H3,7,8,9,11,12). The molecular weight excluding hydrogens is 375 g/mol. The molecule has 0 heterocycles. The molecule has 1 aromatic carbocycles. The van der Waals surface area contributed by atoms with Gasteiger partial charge in [0.15, 0.2) is 0 Å². The van der Waals surface area contributed by atoms with Gasteiger partial charge >= 0.3 is 0 Å². The third-order valence-electron chi connectivity index (χ3n) is 2.63. The van der Waals surface area contributed by atoms with Crippen molar-refractivity contribution in [3.05, 3.63) is 43.9 Å². The van der Waals surface area contributed by atoms with Crippen LogP contribution in [-0.2, 0) is 20.8 Å². The molecular formula is C14H18Cl2N4O5. The van der Waals surface area contributed by atoms with E-state index >= 15 is 0 Å². The van der Waals surface area contributed by atoms with Gasteiger partial charge in [-0.1, -0.05) is 36.2 Å². The molecule has 2 amide bonds. The quantitative estimate of drug-likeness (QED) is 0.163. The fourth-order valence-electron chi connectivity index (χ4n) is 1.54. The SMILES string of the molecule is CCc1c(Cl)cccc1Cl.N=C(NC=O)NC(=O)CCCO[N+](=O)[O-]. The fourth-order valence-corrected chi connectivity index (χ4v) is 2.20. The molecule has 0 aliphatic heterocycles. The summed E-state index contributed by atoms with van der Waals surface area (Å²) in [6.45, 7) is 1.85. The van der Waals surface area contributed by atoms with E-state index < -0.39 is 17.0 Å². The first-order valence-electron chi connectivity index (χ1n) is 7.10. The van der Waals surface area contributed by atoms with Crippen molar-refractivity contribution in [2.75, 3.05) is 6.61 Å². The van der Waals surface area contributed by atoms with E-state index in [2.05, 4.69) is 4.84 Å². The molecule has 9 nitrogen and oxygen atoms in total. The highest BCUT2D eigenvalue weighted by Gasteiger charge is 2.04. The first kappa shape index (κ1) is 22.6. The van der Waals surface area contributed by atoms with E-state index in [-0.39, 0.29) is 25.9 Å². The normalized spacial score (nSPS) is 9.24. The molecule has 1 aromatic rings. The monoisotopic (exact) mass is 392 g/mol. The minimum Gasteiger partial charge on any atom is -0.314 e. The second kappa shape index (κ2) is 13.0. The van der Waals surface area contributed by atoms with Crippen LogP contribution in [0.3, 0.4) is 0 Å². The fraction of sp³-hybridized carbons (Fsp3) is 0.357. The summed E-state index contributed by atoms with van der Waals surface area (Å²) in [5, 5.41) is 21.2. The van der Waals surface area contributed by atoms with Crippen LogP contribution in [0.2, 0.25) is 10.0 Å². The van der Waals surface area contributed by atoms with Crippen LogP contribution < -0.4 is 10.6 Å². The number of halogens is 2. The molecule has 11 heteroatoms. The summed E-state index contributed by atoms with van der Waals surface area (Å²) in [6, 6.07) is 5.56. The summed E-state index contributed by atoms with van der Waals surface area (Å²) in [6.07, 6.45) is 1.26. The number of carbonyl (C=O) groups is 2. The Balaban J connectivity index is 0.000000496. The molecule has 0 spiro atoms. The Morgan fingerprint density at radius 3 is 2.44 bits per heavy atom. The van der Waals surface area contributed by atoms with Gasteiger partial charge in [-0.15, -0.1) is 10.1 Å². The van der Waals surface area contributed by atoms with E-state index in [4.69, 9.17) is 28.6 Å².